The Labute approximate surface area is 206 Å². The Bertz CT molecular complexity index is 1030. The zero-order valence-electron chi connectivity index (χ0n) is 19.4. The molecular weight excluding hydrogens is 484 g/mol. The molecule has 0 bridgehead atoms. The van der Waals surface area contributed by atoms with Gasteiger partial charge in [0.2, 0.25) is 17.7 Å². The smallest absolute Gasteiger partial charge is 0.305 e. The second-order valence-corrected chi connectivity index (χ2v) is 8.35. The Morgan fingerprint density at radius 2 is 1.94 bits per heavy atom. The van der Waals surface area contributed by atoms with Gasteiger partial charge < -0.3 is 35.5 Å². The monoisotopic (exact) mass is 510 g/mol. The molecule has 4 N–H and O–H groups in total. The Hall–Kier alpha value is -3.67. The number of carbonyl (C=O) groups is 6. The van der Waals surface area contributed by atoms with Crippen LogP contribution in [0.3, 0.4) is 0 Å². The highest BCUT2D eigenvalue weighted by atomic mass is 35.5. The Balaban J connectivity index is 2.12. The fraction of sp³-hybridized carbons (Fsp3) is 0.455. The number of nitrogens with one attached hydrogen (secondary N) is 3. The molecule has 1 aliphatic rings. The summed E-state index contributed by atoms with van der Waals surface area (Å²) in [6.45, 7) is 3.00. The molecule has 2 rings (SSSR count). The zero-order chi connectivity index (χ0) is 26.3. The van der Waals surface area contributed by atoms with Crippen LogP contribution in [0.4, 0.5) is 5.69 Å². The van der Waals surface area contributed by atoms with Crippen LogP contribution in [0, 0.1) is 0 Å². The molecule has 1 heterocycles. The van der Waals surface area contributed by atoms with E-state index < -0.39 is 48.2 Å². The van der Waals surface area contributed by atoms with Gasteiger partial charge in [0.1, 0.15) is 24.1 Å². The van der Waals surface area contributed by atoms with E-state index in [9.17, 15) is 28.8 Å². The van der Waals surface area contributed by atoms with E-state index in [-0.39, 0.29) is 34.5 Å². The van der Waals surface area contributed by atoms with Crippen molar-refractivity contribution >= 4 is 53.2 Å². The first-order valence-corrected chi connectivity index (χ1v) is 11.1. The molecule has 4 amide bonds. The standard InChI is InChI=1S/C22H27ClN4O8/c1-11(24-20(32)14-8-15(23)16(25-12(2)29)9-18(14)35-3)22(34)27-6-4-5-17(27)21(33)26-13(10-28)7-19(30)31/h8-11,13,17H,4-7H2,1-3H3,(H,24,32)(H,25,29)(H,26,33)(H,30,31)/t11-,13-,17-/m0/s1. The van der Waals surface area contributed by atoms with Gasteiger partial charge in [-0.1, -0.05) is 11.6 Å². The lowest BCUT2D eigenvalue weighted by molar-refractivity contribution is -0.141. The maximum atomic E-state index is 13.0. The summed E-state index contributed by atoms with van der Waals surface area (Å²) < 4.78 is 5.22. The van der Waals surface area contributed by atoms with E-state index >= 15 is 0 Å². The molecule has 0 radical (unpaired) electrons. The lowest BCUT2D eigenvalue weighted by Crippen LogP contribution is -2.54. The third-order valence-corrected chi connectivity index (χ3v) is 5.60. The molecule has 190 valence electrons. The number of aldehydes is 1. The van der Waals surface area contributed by atoms with E-state index in [2.05, 4.69) is 16.0 Å². The van der Waals surface area contributed by atoms with Gasteiger partial charge in [-0.25, -0.2) is 0 Å². The summed E-state index contributed by atoms with van der Waals surface area (Å²) >= 11 is 6.16. The average molecular weight is 511 g/mol. The predicted octanol–water partition coefficient (Wildman–Crippen LogP) is 0.575. The van der Waals surface area contributed by atoms with Crippen molar-refractivity contribution < 1.29 is 38.6 Å². The van der Waals surface area contributed by atoms with E-state index in [0.717, 1.165) is 0 Å². The quantitative estimate of drug-likeness (QED) is 0.331. The molecule has 1 aromatic rings. The van der Waals surface area contributed by atoms with Gasteiger partial charge in [0.15, 0.2) is 0 Å². The Morgan fingerprint density at radius 1 is 1.26 bits per heavy atom. The summed E-state index contributed by atoms with van der Waals surface area (Å²) in [6, 6.07) is -0.472. The predicted molar refractivity (Wildman–Crippen MR) is 124 cm³/mol. The first-order valence-electron chi connectivity index (χ1n) is 10.7. The van der Waals surface area contributed by atoms with Crippen molar-refractivity contribution in [2.45, 2.75) is 51.2 Å². The number of carbonyl (C=O) groups excluding carboxylic acids is 5. The van der Waals surface area contributed by atoms with Crippen molar-refractivity contribution in [3.8, 4) is 5.75 Å². The molecule has 0 aromatic heterocycles. The molecule has 0 saturated carbocycles. The summed E-state index contributed by atoms with van der Waals surface area (Å²) in [5.74, 6) is -3.34. The van der Waals surface area contributed by atoms with Crippen LogP contribution in [0.15, 0.2) is 12.1 Å². The number of ether oxygens (including phenoxy) is 1. The minimum Gasteiger partial charge on any atom is -0.496 e. The van der Waals surface area contributed by atoms with Gasteiger partial charge >= 0.3 is 5.97 Å². The number of halogens is 1. The number of nitrogens with zero attached hydrogens (tertiary/aromatic N) is 1. The molecule has 3 atom stereocenters. The number of methoxy groups -OCH3 is 1. The number of likely N-dealkylation sites (tertiary alicyclic amines) is 1. The first-order chi connectivity index (χ1) is 16.5. The minimum atomic E-state index is -1.25. The van der Waals surface area contributed by atoms with Crippen molar-refractivity contribution in [1.29, 1.82) is 0 Å². The fourth-order valence-corrected chi connectivity index (χ4v) is 3.88. The number of aliphatic carboxylic acids is 1. The molecule has 13 heteroatoms. The van der Waals surface area contributed by atoms with Crippen molar-refractivity contribution in [2.75, 3.05) is 19.0 Å². The van der Waals surface area contributed by atoms with E-state index in [1.165, 1.54) is 38.0 Å². The van der Waals surface area contributed by atoms with Gasteiger partial charge in [0.25, 0.3) is 5.91 Å². The van der Waals surface area contributed by atoms with Gasteiger partial charge in [0.05, 0.1) is 35.8 Å². The summed E-state index contributed by atoms with van der Waals surface area (Å²) in [4.78, 5) is 73.0. The normalized spacial score (nSPS) is 16.6. The Morgan fingerprint density at radius 3 is 2.51 bits per heavy atom. The summed E-state index contributed by atoms with van der Waals surface area (Å²) in [7, 11) is 1.33. The highest BCUT2D eigenvalue weighted by Gasteiger charge is 2.37. The zero-order valence-corrected chi connectivity index (χ0v) is 20.2. The van der Waals surface area contributed by atoms with E-state index in [1.54, 1.807) is 0 Å². The van der Waals surface area contributed by atoms with Crippen LogP contribution in [0.25, 0.3) is 0 Å². The van der Waals surface area contributed by atoms with Crippen LogP contribution in [-0.2, 0) is 24.0 Å². The molecule has 35 heavy (non-hydrogen) atoms. The molecule has 1 saturated heterocycles. The van der Waals surface area contributed by atoms with Gasteiger partial charge in [-0.15, -0.1) is 0 Å². The molecule has 1 aromatic carbocycles. The third kappa shape index (κ3) is 7.15. The SMILES string of the molecule is COc1cc(NC(C)=O)c(Cl)cc1C(=O)N[C@@H](C)C(=O)N1CCC[C@H]1C(=O)N[C@H](C=O)CC(=O)O. The van der Waals surface area contributed by atoms with Crippen LogP contribution in [-0.4, -0.2) is 77.7 Å². The van der Waals surface area contributed by atoms with Gasteiger partial charge in [-0.2, -0.15) is 0 Å². The van der Waals surface area contributed by atoms with E-state index in [0.29, 0.717) is 19.1 Å². The largest absolute Gasteiger partial charge is 0.496 e. The number of amides is 4. The lowest BCUT2D eigenvalue weighted by Gasteiger charge is -2.28. The first kappa shape index (κ1) is 27.6. The summed E-state index contributed by atoms with van der Waals surface area (Å²) in [5, 5.41) is 16.3. The van der Waals surface area contributed by atoms with Gasteiger partial charge in [-0.3, -0.25) is 24.0 Å². The lowest BCUT2D eigenvalue weighted by atomic mass is 10.1. The highest BCUT2D eigenvalue weighted by molar-refractivity contribution is 6.34. The third-order valence-electron chi connectivity index (χ3n) is 5.29. The van der Waals surface area contributed by atoms with Crippen molar-refractivity contribution in [2.24, 2.45) is 0 Å². The number of hydrogen-bond donors (Lipinski definition) is 4. The van der Waals surface area contributed by atoms with Crippen LogP contribution < -0.4 is 20.7 Å². The van der Waals surface area contributed by atoms with Crippen molar-refractivity contribution in [3.05, 3.63) is 22.7 Å². The molecule has 1 fully saturated rings. The molecular formula is C22H27ClN4O8. The van der Waals surface area contributed by atoms with E-state index in [4.69, 9.17) is 21.4 Å². The maximum absolute atomic E-state index is 13.0. The van der Waals surface area contributed by atoms with Crippen LogP contribution >= 0.6 is 11.6 Å². The number of carboxylic acid groups (broad SMARTS) is 1. The second-order valence-electron chi connectivity index (χ2n) is 7.95. The second kappa shape index (κ2) is 12.2. The Kier molecular flexibility index (Phi) is 9.58. The van der Waals surface area contributed by atoms with Gasteiger partial charge in [-0.05, 0) is 25.8 Å². The number of hydrogen-bond acceptors (Lipinski definition) is 7. The van der Waals surface area contributed by atoms with E-state index in [1.807, 2.05) is 0 Å². The molecule has 0 unspecified atom stereocenters. The fourth-order valence-electron chi connectivity index (χ4n) is 3.67. The van der Waals surface area contributed by atoms with Crippen molar-refractivity contribution in [1.82, 2.24) is 15.5 Å². The van der Waals surface area contributed by atoms with Crippen LogP contribution in [0.5, 0.6) is 5.75 Å². The van der Waals surface area contributed by atoms with Gasteiger partial charge in [0, 0.05) is 19.5 Å². The molecule has 12 nitrogen and oxygen atoms in total. The number of benzene rings is 1. The molecule has 1 aliphatic heterocycles. The summed E-state index contributed by atoms with van der Waals surface area (Å²) in [5.41, 5.74) is 0.281. The number of rotatable bonds is 10. The average Bonchev–Trinajstić information content (AvgIpc) is 3.28. The van der Waals surface area contributed by atoms with Crippen LogP contribution in [0.1, 0.15) is 43.5 Å². The van der Waals surface area contributed by atoms with Crippen LogP contribution in [0.2, 0.25) is 5.02 Å². The number of carboxylic acids is 1. The highest BCUT2D eigenvalue weighted by Crippen LogP contribution is 2.31. The minimum absolute atomic E-state index is 0.0319. The summed E-state index contributed by atoms with van der Waals surface area (Å²) in [6.07, 6.45) is 0.591. The van der Waals surface area contributed by atoms with Crippen molar-refractivity contribution in [3.63, 3.8) is 0 Å². The number of anilines is 1. The topological polar surface area (TPSA) is 171 Å². The molecule has 0 aliphatic carbocycles. The molecule has 0 spiro atoms. The maximum Gasteiger partial charge on any atom is 0.305 e.